The normalized spacial score (nSPS) is 14.9. The second kappa shape index (κ2) is 6.64. The summed E-state index contributed by atoms with van der Waals surface area (Å²) in [6.45, 7) is 12.2. The molecule has 0 saturated heterocycles. The van der Waals surface area contributed by atoms with Gasteiger partial charge in [0.1, 0.15) is 11.2 Å². The van der Waals surface area contributed by atoms with Gasteiger partial charge in [0.05, 0.1) is 5.69 Å². The number of nitrogens with one attached hydrogen (secondary N) is 1. The fourth-order valence-electron chi connectivity index (χ4n) is 2.94. The van der Waals surface area contributed by atoms with Gasteiger partial charge in [0.2, 0.25) is 0 Å². The van der Waals surface area contributed by atoms with Crippen molar-refractivity contribution >= 4 is 21.6 Å². The van der Waals surface area contributed by atoms with Gasteiger partial charge >= 0.3 is 0 Å². The van der Waals surface area contributed by atoms with E-state index in [0.29, 0.717) is 17.9 Å². The van der Waals surface area contributed by atoms with Crippen molar-refractivity contribution in [1.82, 2.24) is 15.3 Å². The second-order valence-corrected chi connectivity index (χ2v) is 6.78. The molecule has 20 heavy (non-hydrogen) atoms. The molecule has 0 aliphatic heterocycles. The Morgan fingerprint density at radius 3 is 2.55 bits per heavy atom. The summed E-state index contributed by atoms with van der Waals surface area (Å²) in [6, 6.07) is 2.70. The maximum atomic E-state index is 4.63. The van der Waals surface area contributed by atoms with Gasteiger partial charge in [-0.1, -0.05) is 27.7 Å². The van der Waals surface area contributed by atoms with Gasteiger partial charge in [-0.15, -0.1) is 11.3 Å². The van der Waals surface area contributed by atoms with Crippen molar-refractivity contribution in [3.8, 4) is 0 Å². The number of hydrogen-bond donors (Lipinski definition) is 1. The molecule has 0 fully saturated rings. The molecule has 4 heteroatoms. The molecule has 0 aliphatic rings. The number of hydrogen-bond acceptors (Lipinski definition) is 4. The van der Waals surface area contributed by atoms with Crippen LogP contribution in [0.1, 0.15) is 51.1 Å². The van der Waals surface area contributed by atoms with Crippen LogP contribution in [0.4, 0.5) is 0 Å². The lowest BCUT2D eigenvalue weighted by Gasteiger charge is -2.28. The van der Waals surface area contributed by atoms with E-state index in [1.54, 1.807) is 17.7 Å². The van der Waals surface area contributed by atoms with Crippen LogP contribution in [0.2, 0.25) is 0 Å². The summed E-state index contributed by atoms with van der Waals surface area (Å²) in [5.41, 5.74) is 1.20. The molecule has 1 N–H and O–H groups in total. The van der Waals surface area contributed by atoms with Crippen molar-refractivity contribution in [2.75, 3.05) is 6.54 Å². The minimum Gasteiger partial charge on any atom is -0.314 e. The molecule has 0 aromatic carbocycles. The number of likely N-dealkylation sites (N-methyl/N-ethyl adjacent to an activating group) is 1. The van der Waals surface area contributed by atoms with Crippen LogP contribution in [0.3, 0.4) is 0 Å². The van der Waals surface area contributed by atoms with Crippen molar-refractivity contribution in [3.63, 3.8) is 0 Å². The highest BCUT2D eigenvalue weighted by Crippen LogP contribution is 2.34. The quantitative estimate of drug-likeness (QED) is 0.874. The van der Waals surface area contributed by atoms with Crippen LogP contribution in [-0.4, -0.2) is 22.6 Å². The Hall–Kier alpha value is -1.00. The fourth-order valence-corrected chi connectivity index (χ4v) is 3.89. The Kier molecular flexibility index (Phi) is 5.11. The molecule has 3 nitrogen and oxygen atoms in total. The predicted molar refractivity (Wildman–Crippen MR) is 87.5 cm³/mol. The molecule has 0 spiro atoms. The minimum absolute atomic E-state index is 0.416. The Balaban J connectivity index is 2.49. The average Bonchev–Trinajstić information content (AvgIpc) is 2.82. The van der Waals surface area contributed by atoms with Gasteiger partial charge in [-0.3, -0.25) is 0 Å². The molecule has 0 radical (unpaired) electrons. The van der Waals surface area contributed by atoms with E-state index in [1.165, 1.54) is 16.0 Å². The van der Waals surface area contributed by atoms with Crippen LogP contribution in [0.15, 0.2) is 12.4 Å². The Bertz CT molecular complexity index is 562. The summed E-state index contributed by atoms with van der Waals surface area (Å²) < 4.78 is 0. The molecule has 2 aromatic heterocycles. The zero-order valence-electron chi connectivity index (χ0n) is 13.1. The summed E-state index contributed by atoms with van der Waals surface area (Å²) in [5, 5.41) is 4.80. The second-order valence-electron chi connectivity index (χ2n) is 5.66. The average molecular weight is 291 g/mol. The standard InChI is InChI=1S/C16H25N3S/c1-6-12-8-13-15(18-9-19-16(13)20-12)14(10(3)4)11(5)17-7-2/h8-11,14,17H,6-7H2,1-5H3. The van der Waals surface area contributed by atoms with E-state index in [9.17, 15) is 0 Å². The summed E-state index contributed by atoms with van der Waals surface area (Å²) in [7, 11) is 0. The molecule has 0 amide bonds. The molecule has 2 unspecified atom stereocenters. The SMILES string of the molecule is CCNC(C)C(c1ncnc2sc(CC)cc12)C(C)C. The van der Waals surface area contributed by atoms with Gasteiger partial charge in [0.25, 0.3) is 0 Å². The summed E-state index contributed by atoms with van der Waals surface area (Å²) in [6.07, 6.45) is 2.79. The van der Waals surface area contributed by atoms with Crippen LogP contribution >= 0.6 is 11.3 Å². The number of nitrogens with zero attached hydrogens (tertiary/aromatic N) is 2. The van der Waals surface area contributed by atoms with E-state index >= 15 is 0 Å². The highest BCUT2D eigenvalue weighted by atomic mass is 32.1. The zero-order valence-corrected chi connectivity index (χ0v) is 13.9. The smallest absolute Gasteiger partial charge is 0.127 e. The lowest BCUT2D eigenvalue weighted by Crippen LogP contribution is -2.35. The largest absolute Gasteiger partial charge is 0.314 e. The topological polar surface area (TPSA) is 37.8 Å². The van der Waals surface area contributed by atoms with E-state index < -0.39 is 0 Å². The molecule has 110 valence electrons. The lowest BCUT2D eigenvalue weighted by atomic mass is 9.85. The molecular weight excluding hydrogens is 266 g/mol. The van der Waals surface area contributed by atoms with Crippen LogP contribution in [0.5, 0.6) is 0 Å². The fraction of sp³-hybridized carbons (Fsp3) is 0.625. The van der Waals surface area contributed by atoms with Crippen molar-refractivity contribution in [2.45, 2.75) is 53.0 Å². The number of rotatable bonds is 6. The van der Waals surface area contributed by atoms with E-state index in [2.05, 4.69) is 56.0 Å². The molecule has 2 atom stereocenters. The van der Waals surface area contributed by atoms with Gasteiger partial charge < -0.3 is 5.32 Å². The molecule has 2 aromatic rings. The number of fused-ring (bicyclic) bond motifs is 1. The van der Waals surface area contributed by atoms with Gasteiger partial charge in [0, 0.05) is 22.2 Å². The predicted octanol–water partition coefficient (Wildman–Crippen LogP) is 3.99. The first-order valence-corrected chi connectivity index (χ1v) is 8.36. The Morgan fingerprint density at radius 2 is 1.95 bits per heavy atom. The molecule has 0 bridgehead atoms. The molecule has 2 rings (SSSR count). The maximum Gasteiger partial charge on any atom is 0.127 e. The Morgan fingerprint density at radius 1 is 1.20 bits per heavy atom. The third-order valence-electron chi connectivity index (χ3n) is 3.86. The van der Waals surface area contributed by atoms with Gasteiger partial charge in [-0.25, -0.2) is 9.97 Å². The highest BCUT2D eigenvalue weighted by molar-refractivity contribution is 7.18. The first kappa shape index (κ1) is 15.4. The third kappa shape index (κ3) is 3.01. The first-order chi connectivity index (χ1) is 9.58. The van der Waals surface area contributed by atoms with Crippen molar-refractivity contribution in [1.29, 1.82) is 0 Å². The van der Waals surface area contributed by atoms with Crippen LogP contribution in [0, 0.1) is 5.92 Å². The van der Waals surface area contributed by atoms with Gasteiger partial charge in [0.15, 0.2) is 0 Å². The van der Waals surface area contributed by atoms with E-state index in [1.807, 2.05) is 0 Å². The van der Waals surface area contributed by atoms with E-state index in [-0.39, 0.29) is 0 Å². The van der Waals surface area contributed by atoms with Crippen LogP contribution in [0.25, 0.3) is 10.2 Å². The lowest BCUT2D eigenvalue weighted by molar-refractivity contribution is 0.378. The molecule has 0 saturated carbocycles. The van der Waals surface area contributed by atoms with Crippen molar-refractivity contribution < 1.29 is 0 Å². The monoisotopic (exact) mass is 291 g/mol. The number of aryl methyl sites for hydroxylation is 1. The number of thiophene rings is 1. The summed E-state index contributed by atoms with van der Waals surface area (Å²) in [4.78, 5) is 11.6. The maximum absolute atomic E-state index is 4.63. The van der Waals surface area contributed by atoms with Gasteiger partial charge in [-0.05, 0) is 31.9 Å². The van der Waals surface area contributed by atoms with Crippen molar-refractivity contribution in [2.24, 2.45) is 5.92 Å². The van der Waals surface area contributed by atoms with E-state index in [4.69, 9.17) is 0 Å². The molecular formula is C16H25N3S. The number of aromatic nitrogens is 2. The summed E-state index contributed by atoms with van der Waals surface area (Å²) in [5.74, 6) is 0.965. The van der Waals surface area contributed by atoms with Crippen LogP contribution in [-0.2, 0) is 6.42 Å². The molecule has 2 heterocycles. The minimum atomic E-state index is 0.416. The molecule has 0 aliphatic carbocycles. The van der Waals surface area contributed by atoms with E-state index in [0.717, 1.165) is 17.8 Å². The highest BCUT2D eigenvalue weighted by Gasteiger charge is 2.26. The van der Waals surface area contributed by atoms with Crippen LogP contribution < -0.4 is 5.32 Å². The summed E-state index contributed by atoms with van der Waals surface area (Å²) >= 11 is 1.79. The van der Waals surface area contributed by atoms with Gasteiger partial charge in [-0.2, -0.15) is 0 Å². The first-order valence-electron chi connectivity index (χ1n) is 7.55. The Labute approximate surface area is 125 Å². The third-order valence-corrected chi connectivity index (χ3v) is 5.05. The van der Waals surface area contributed by atoms with Crippen molar-refractivity contribution in [3.05, 3.63) is 23.0 Å². The zero-order chi connectivity index (χ0) is 14.7.